The summed E-state index contributed by atoms with van der Waals surface area (Å²) in [6.45, 7) is 2.31. The fraction of sp³-hybridized carbons (Fsp3) is 0.818. The maximum atomic E-state index is 11.4. The lowest BCUT2D eigenvalue weighted by molar-refractivity contribution is -0.138. The van der Waals surface area contributed by atoms with Crippen LogP contribution in [0.1, 0.15) is 25.7 Å². The molecule has 0 spiro atoms. The lowest BCUT2D eigenvalue weighted by atomic mass is 10.2. The molecule has 0 aromatic heterocycles. The molecule has 2 fully saturated rings. The number of imide groups is 1. The van der Waals surface area contributed by atoms with Crippen LogP contribution in [0.4, 0.5) is 0 Å². The molecule has 2 amide bonds. The van der Waals surface area contributed by atoms with E-state index in [1.54, 1.807) is 0 Å². The zero-order valence-electron chi connectivity index (χ0n) is 9.39. The summed E-state index contributed by atoms with van der Waals surface area (Å²) in [5.74, 6) is -0.102. The molecule has 1 atom stereocenters. The highest BCUT2D eigenvalue weighted by molar-refractivity contribution is 6.01. The van der Waals surface area contributed by atoms with Crippen molar-refractivity contribution in [3.05, 3.63) is 0 Å². The monoisotopic (exact) mass is 226 g/mol. The van der Waals surface area contributed by atoms with Crippen molar-refractivity contribution in [3.8, 4) is 0 Å². The zero-order valence-corrected chi connectivity index (χ0v) is 9.39. The van der Waals surface area contributed by atoms with Gasteiger partial charge in [-0.05, 0) is 19.4 Å². The van der Waals surface area contributed by atoms with E-state index in [1.807, 2.05) is 0 Å². The molecule has 2 aliphatic heterocycles. The van der Waals surface area contributed by atoms with Crippen molar-refractivity contribution in [2.45, 2.75) is 31.7 Å². The molecule has 0 aromatic carbocycles. The average molecular weight is 226 g/mol. The molecule has 2 heterocycles. The normalized spacial score (nSPS) is 27.1. The summed E-state index contributed by atoms with van der Waals surface area (Å²) in [6, 6.07) is 0.216. The van der Waals surface area contributed by atoms with E-state index in [9.17, 15) is 9.59 Å². The van der Waals surface area contributed by atoms with Crippen molar-refractivity contribution in [3.63, 3.8) is 0 Å². The molecule has 2 saturated heterocycles. The first kappa shape index (κ1) is 11.5. The maximum absolute atomic E-state index is 11.4. The third-order valence-corrected chi connectivity index (χ3v) is 3.48. The molecule has 0 saturated carbocycles. The molecule has 0 radical (unpaired) electrons. The van der Waals surface area contributed by atoms with Gasteiger partial charge in [0.05, 0.1) is 6.61 Å². The van der Waals surface area contributed by atoms with Gasteiger partial charge in [0.2, 0.25) is 11.8 Å². The van der Waals surface area contributed by atoms with Gasteiger partial charge in [-0.2, -0.15) is 0 Å². The maximum Gasteiger partial charge on any atom is 0.229 e. The Hall–Kier alpha value is -0.940. The van der Waals surface area contributed by atoms with Crippen LogP contribution in [0.25, 0.3) is 0 Å². The van der Waals surface area contributed by atoms with E-state index >= 15 is 0 Å². The van der Waals surface area contributed by atoms with Gasteiger partial charge < -0.3 is 5.11 Å². The van der Waals surface area contributed by atoms with Crippen molar-refractivity contribution in [2.75, 3.05) is 26.2 Å². The van der Waals surface area contributed by atoms with E-state index in [0.29, 0.717) is 25.9 Å². The van der Waals surface area contributed by atoms with Crippen LogP contribution in [0.15, 0.2) is 0 Å². The smallest absolute Gasteiger partial charge is 0.229 e. The highest BCUT2D eigenvalue weighted by atomic mass is 16.3. The molecule has 1 unspecified atom stereocenters. The second kappa shape index (κ2) is 4.93. The highest BCUT2D eigenvalue weighted by Gasteiger charge is 2.30. The number of hydrogen-bond acceptors (Lipinski definition) is 4. The Morgan fingerprint density at radius 1 is 1.19 bits per heavy atom. The van der Waals surface area contributed by atoms with Crippen molar-refractivity contribution < 1.29 is 14.7 Å². The van der Waals surface area contributed by atoms with E-state index < -0.39 is 0 Å². The van der Waals surface area contributed by atoms with Crippen LogP contribution in [-0.4, -0.2) is 59.0 Å². The Bertz CT molecular complexity index is 277. The average Bonchev–Trinajstić information content (AvgIpc) is 2.84. The zero-order chi connectivity index (χ0) is 11.5. The minimum Gasteiger partial charge on any atom is -0.395 e. The van der Waals surface area contributed by atoms with Crippen molar-refractivity contribution in [2.24, 2.45) is 0 Å². The summed E-state index contributed by atoms with van der Waals surface area (Å²) in [5, 5.41) is 9.14. The number of carbonyl (C=O) groups excluding carboxylic acids is 2. The van der Waals surface area contributed by atoms with E-state index in [4.69, 9.17) is 5.11 Å². The van der Waals surface area contributed by atoms with Crippen LogP contribution in [0.2, 0.25) is 0 Å². The second-order valence-electron chi connectivity index (χ2n) is 4.45. The number of nitrogens with zero attached hydrogens (tertiary/aromatic N) is 2. The predicted octanol–water partition coefficient (Wildman–Crippen LogP) is -0.408. The Balaban J connectivity index is 1.82. The summed E-state index contributed by atoms with van der Waals surface area (Å²) in [5.41, 5.74) is 0. The molecule has 0 bridgehead atoms. The summed E-state index contributed by atoms with van der Waals surface area (Å²) in [7, 11) is 0. The number of carbonyl (C=O) groups is 2. The molecule has 2 aliphatic rings. The van der Waals surface area contributed by atoms with E-state index in [-0.39, 0.29) is 24.5 Å². The number of likely N-dealkylation sites (tertiary alicyclic amines) is 2. The Kier molecular flexibility index (Phi) is 3.56. The summed E-state index contributed by atoms with van der Waals surface area (Å²) in [6.07, 6.45) is 2.83. The summed E-state index contributed by atoms with van der Waals surface area (Å²) >= 11 is 0. The molecule has 5 nitrogen and oxygen atoms in total. The standard InChI is InChI=1S/C11H18N2O3/c14-8-9-2-1-5-12(9)6-7-13-10(15)3-4-11(13)16/h9,14H,1-8H2. The van der Waals surface area contributed by atoms with Crippen molar-refractivity contribution in [1.82, 2.24) is 9.80 Å². The minimum absolute atomic E-state index is 0.0512. The molecular weight excluding hydrogens is 208 g/mol. The predicted molar refractivity (Wildman–Crippen MR) is 57.6 cm³/mol. The van der Waals surface area contributed by atoms with Crippen molar-refractivity contribution >= 4 is 11.8 Å². The molecule has 2 rings (SSSR count). The van der Waals surface area contributed by atoms with E-state index in [2.05, 4.69) is 4.90 Å². The first-order valence-corrected chi connectivity index (χ1v) is 5.90. The van der Waals surface area contributed by atoms with Crippen LogP contribution in [0.3, 0.4) is 0 Å². The largest absolute Gasteiger partial charge is 0.395 e. The lowest BCUT2D eigenvalue weighted by Crippen LogP contribution is -2.40. The Morgan fingerprint density at radius 2 is 1.88 bits per heavy atom. The Morgan fingerprint density at radius 3 is 2.50 bits per heavy atom. The fourth-order valence-electron chi connectivity index (χ4n) is 2.50. The number of aliphatic hydroxyl groups is 1. The third-order valence-electron chi connectivity index (χ3n) is 3.48. The lowest BCUT2D eigenvalue weighted by Gasteiger charge is -2.24. The van der Waals surface area contributed by atoms with Gasteiger partial charge in [0.1, 0.15) is 0 Å². The van der Waals surface area contributed by atoms with Crippen LogP contribution in [-0.2, 0) is 9.59 Å². The second-order valence-corrected chi connectivity index (χ2v) is 4.45. The topological polar surface area (TPSA) is 60.9 Å². The van der Waals surface area contributed by atoms with Gasteiger partial charge in [-0.3, -0.25) is 19.4 Å². The van der Waals surface area contributed by atoms with Gasteiger partial charge >= 0.3 is 0 Å². The first-order chi connectivity index (χ1) is 7.72. The van der Waals surface area contributed by atoms with Gasteiger partial charge in [0, 0.05) is 32.0 Å². The minimum atomic E-state index is -0.0512. The van der Waals surface area contributed by atoms with Gasteiger partial charge in [-0.15, -0.1) is 0 Å². The van der Waals surface area contributed by atoms with Gasteiger partial charge in [0.25, 0.3) is 0 Å². The number of aliphatic hydroxyl groups excluding tert-OH is 1. The number of amides is 2. The van der Waals surface area contributed by atoms with Gasteiger partial charge in [-0.25, -0.2) is 0 Å². The summed E-state index contributed by atoms with van der Waals surface area (Å²) < 4.78 is 0. The Labute approximate surface area is 95.0 Å². The highest BCUT2D eigenvalue weighted by Crippen LogP contribution is 2.17. The third kappa shape index (κ3) is 2.25. The molecule has 0 aromatic rings. The molecule has 5 heteroatoms. The molecule has 1 N–H and O–H groups in total. The fourth-order valence-corrected chi connectivity index (χ4v) is 2.50. The van der Waals surface area contributed by atoms with Crippen LogP contribution in [0, 0.1) is 0 Å². The molecule has 0 aliphatic carbocycles. The first-order valence-electron chi connectivity index (χ1n) is 5.90. The SMILES string of the molecule is O=C1CCC(=O)N1CCN1CCCC1CO. The number of hydrogen-bond donors (Lipinski definition) is 1. The molecular formula is C11H18N2O3. The van der Waals surface area contributed by atoms with Crippen LogP contribution in [0.5, 0.6) is 0 Å². The summed E-state index contributed by atoms with van der Waals surface area (Å²) in [4.78, 5) is 26.3. The van der Waals surface area contributed by atoms with Crippen LogP contribution < -0.4 is 0 Å². The number of rotatable bonds is 4. The molecule has 16 heavy (non-hydrogen) atoms. The van der Waals surface area contributed by atoms with Crippen molar-refractivity contribution in [1.29, 1.82) is 0 Å². The van der Waals surface area contributed by atoms with E-state index in [0.717, 1.165) is 19.4 Å². The molecule has 90 valence electrons. The quantitative estimate of drug-likeness (QED) is 0.662. The van der Waals surface area contributed by atoms with Gasteiger partial charge in [-0.1, -0.05) is 0 Å². The van der Waals surface area contributed by atoms with E-state index in [1.165, 1.54) is 4.90 Å². The van der Waals surface area contributed by atoms with Crippen LogP contribution >= 0.6 is 0 Å². The van der Waals surface area contributed by atoms with Gasteiger partial charge in [0.15, 0.2) is 0 Å².